The minimum absolute atomic E-state index is 0.00428. The lowest BCUT2D eigenvalue weighted by Gasteiger charge is -2.39. The summed E-state index contributed by atoms with van der Waals surface area (Å²) in [6.45, 7) is 3.45. The van der Waals surface area contributed by atoms with Crippen LogP contribution in [0.5, 0.6) is 5.75 Å². The molecule has 1 aliphatic heterocycles. The van der Waals surface area contributed by atoms with Gasteiger partial charge in [-0.1, -0.05) is 41.9 Å². The van der Waals surface area contributed by atoms with Crippen molar-refractivity contribution in [3.05, 3.63) is 64.7 Å². The fourth-order valence-electron chi connectivity index (χ4n) is 3.73. The number of benzene rings is 2. The number of ether oxygens (including phenoxy) is 1. The van der Waals surface area contributed by atoms with E-state index >= 15 is 0 Å². The number of hydrogen-bond donors (Lipinski definition) is 1. The van der Waals surface area contributed by atoms with Crippen LogP contribution in [0.2, 0.25) is 5.02 Å². The van der Waals surface area contributed by atoms with Crippen molar-refractivity contribution in [2.45, 2.75) is 32.7 Å². The van der Waals surface area contributed by atoms with Crippen molar-refractivity contribution in [1.29, 1.82) is 0 Å². The first-order chi connectivity index (χ1) is 13.9. The molecule has 1 heterocycles. The van der Waals surface area contributed by atoms with Crippen LogP contribution < -0.4 is 10.1 Å². The molecule has 1 N–H and O–H groups in total. The SMILES string of the molecule is COc1cccc(CNC(=O)[C@@]2(C)CCCN(C(=O)Cc3ccccc3Cl)C2)c1. The minimum atomic E-state index is -0.604. The molecule has 2 aromatic carbocycles. The molecule has 0 radical (unpaired) electrons. The highest BCUT2D eigenvalue weighted by atomic mass is 35.5. The lowest BCUT2D eigenvalue weighted by Crippen LogP contribution is -2.52. The number of methoxy groups -OCH3 is 1. The van der Waals surface area contributed by atoms with E-state index in [4.69, 9.17) is 16.3 Å². The Labute approximate surface area is 177 Å². The van der Waals surface area contributed by atoms with E-state index < -0.39 is 5.41 Å². The summed E-state index contributed by atoms with van der Waals surface area (Å²) in [5, 5.41) is 3.62. The summed E-state index contributed by atoms with van der Waals surface area (Å²) < 4.78 is 5.23. The molecule has 1 saturated heterocycles. The van der Waals surface area contributed by atoms with Gasteiger partial charge in [-0.25, -0.2) is 0 Å². The van der Waals surface area contributed by atoms with Crippen molar-refractivity contribution >= 4 is 23.4 Å². The van der Waals surface area contributed by atoms with Gasteiger partial charge in [-0.15, -0.1) is 0 Å². The predicted molar refractivity (Wildman–Crippen MR) is 114 cm³/mol. The van der Waals surface area contributed by atoms with Gasteiger partial charge >= 0.3 is 0 Å². The monoisotopic (exact) mass is 414 g/mol. The quantitative estimate of drug-likeness (QED) is 0.781. The average molecular weight is 415 g/mol. The van der Waals surface area contributed by atoms with Crippen LogP contribution >= 0.6 is 11.6 Å². The topological polar surface area (TPSA) is 58.6 Å². The van der Waals surface area contributed by atoms with Gasteiger partial charge in [-0.05, 0) is 49.1 Å². The van der Waals surface area contributed by atoms with Crippen LogP contribution in [0.25, 0.3) is 0 Å². The molecule has 1 aliphatic rings. The first kappa shape index (κ1) is 21.2. The normalized spacial score (nSPS) is 18.9. The molecule has 0 bridgehead atoms. The van der Waals surface area contributed by atoms with E-state index in [0.717, 1.165) is 29.7 Å². The summed E-state index contributed by atoms with van der Waals surface area (Å²) in [5.41, 5.74) is 1.19. The third-order valence-electron chi connectivity index (χ3n) is 5.48. The van der Waals surface area contributed by atoms with Gasteiger partial charge in [-0.3, -0.25) is 9.59 Å². The number of likely N-dealkylation sites (tertiary alicyclic amines) is 1. The van der Waals surface area contributed by atoms with Crippen LogP contribution in [-0.4, -0.2) is 36.9 Å². The first-order valence-electron chi connectivity index (χ1n) is 9.84. The molecule has 0 saturated carbocycles. The molecule has 2 aromatic rings. The fraction of sp³-hybridized carbons (Fsp3) is 0.391. The summed E-state index contributed by atoms with van der Waals surface area (Å²) in [7, 11) is 1.62. The summed E-state index contributed by atoms with van der Waals surface area (Å²) in [5.74, 6) is 0.733. The molecule has 154 valence electrons. The molecule has 5 nitrogen and oxygen atoms in total. The van der Waals surface area contributed by atoms with Crippen molar-refractivity contribution in [2.75, 3.05) is 20.2 Å². The van der Waals surface area contributed by atoms with Crippen LogP contribution in [0.1, 0.15) is 30.9 Å². The van der Waals surface area contributed by atoms with Crippen molar-refractivity contribution in [3.8, 4) is 5.75 Å². The van der Waals surface area contributed by atoms with E-state index in [0.29, 0.717) is 24.7 Å². The first-order valence-corrected chi connectivity index (χ1v) is 10.2. The van der Waals surface area contributed by atoms with Gasteiger partial charge < -0.3 is 15.0 Å². The van der Waals surface area contributed by atoms with Gasteiger partial charge in [0.25, 0.3) is 0 Å². The Morgan fingerprint density at radius 1 is 1.21 bits per heavy atom. The highest BCUT2D eigenvalue weighted by Gasteiger charge is 2.39. The lowest BCUT2D eigenvalue weighted by atomic mass is 9.80. The van der Waals surface area contributed by atoms with E-state index in [1.807, 2.05) is 49.4 Å². The number of carbonyl (C=O) groups excluding carboxylic acids is 2. The Morgan fingerprint density at radius 3 is 2.76 bits per heavy atom. The van der Waals surface area contributed by atoms with Gasteiger partial charge in [0.05, 0.1) is 18.9 Å². The van der Waals surface area contributed by atoms with Crippen LogP contribution in [0, 0.1) is 5.41 Å². The van der Waals surface area contributed by atoms with E-state index in [9.17, 15) is 9.59 Å². The predicted octanol–water partition coefficient (Wildman–Crippen LogP) is 3.84. The smallest absolute Gasteiger partial charge is 0.227 e. The highest BCUT2D eigenvalue weighted by Crippen LogP contribution is 2.30. The molecule has 6 heteroatoms. The Kier molecular flexibility index (Phi) is 6.80. The van der Waals surface area contributed by atoms with Crippen LogP contribution in [0.15, 0.2) is 48.5 Å². The molecule has 0 unspecified atom stereocenters. The second-order valence-corrected chi connectivity index (χ2v) is 8.19. The molecule has 1 atom stereocenters. The number of nitrogens with zero attached hydrogens (tertiary/aromatic N) is 1. The fourth-order valence-corrected chi connectivity index (χ4v) is 3.93. The standard InChI is InChI=1S/C23H27ClN2O3/c1-23(22(28)25-15-17-7-5-9-19(13-17)29-2)11-6-12-26(16-23)21(27)14-18-8-3-4-10-20(18)24/h3-5,7-10,13H,6,11-12,14-16H2,1-2H3,(H,25,28)/t23-/m0/s1. The molecule has 29 heavy (non-hydrogen) atoms. The van der Waals surface area contributed by atoms with E-state index in [-0.39, 0.29) is 18.2 Å². The van der Waals surface area contributed by atoms with Crippen molar-refractivity contribution in [3.63, 3.8) is 0 Å². The van der Waals surface area contributed by atoms with Crippen molar-refractivity contribution in [1.82, 2.24) is 10.2 Å². The molecule has 2 amide bonds. The van der Waals surface area contributed by atoms with Gasteiger partial charge in [0, 0.05) is 24.7 Å². The maximum absolute atomic E-state index is 12.9. The Bertz CT molecular complexity index is 886. The van der Waals surface area contributed by atoms with E-state index in [1.54, 1.807) is 18.1 Å². The molecule has 3 rings (SSSR count). The molecule has 0 aromatic heterocycles. The van der Waals surface area contributed by atoms with E-state index in [2.05, 4.69) is 5.32 Å². The maximum Gasteiger partial charge on any atom is 0.227 e. The number of hydrogen-bond acceptors (Lipinski definition) is 3. The summed E-state index contributed by atoms with van der Waals surface area (Å²) in [4.78, 5) is 27.5. The number of amides is 2. The van der Waals surface area contributed by atoms with E-state index in [1.165, 1.54) is 0 Å². The number of rotatable bonds is 6. The average Bonchev–Trinajstić information content (AvgIpc) is 2.73. The summed E-state index contributed by atoms with van der Waals surface area (Å²) >= 11 is 6.19. The Balaban J connectivity index is 1.60. The third-order valence-corrected chi connectivity index (χ3v) is 5.85. The zero-order valence-corrected chi connectivity index (χ0v) is 17.7. The second kappa shape index (κ2) is 9.31. The van der Waals surface area contributed by atoms with Crippen LogP contribution in [0.3, 0.4) is 0 Å². The summed E-state index contributed by atoms with van der Waals surface area (Å²) in [6, 6.07) is 15.0. The Morgan fingerprint density at radius 2 is 2.00 bits per heavy atom. The molecule has 1 fully saturated rings. The molecule has 0 aliphatic carbocycles. The van der Waals surface area contributed by atoms with Crippen LogP contribution in [-0.2, 0) is 22.6 Å². The maximum atomic E-state index is 12.9. The largest absolute Gasteiger partial charge is 0.497 e. The zero-order valence-electron chi connectivity index (χ0n) is 16.9. The number of piperidine rings is 1. The second-order valence-electron chi connectivity index (χ2n) is 7.78. The summed E-state index contributed by atoms with van der Waals surface area (Å²) in [6.07, 6.45) is 1.81. The van der Waals surface area contributed by atoms with Crippen molar-refractivity contribution < 1.29 is 14.3 Å². The Hall–Kier alpha value is -2.53. The van der Waals surface area contributed by atoms with Crippen LogP contribution in [0.4, 0.5) is 0 Å². The minimum Gasteiger partial charge on any atom is -0.497 e. The van der Waals surface area contributed by atoms with Crippen molar-refractivity contribution in [2.24, 2.45) is 5.41 Å². The number of halogens is 1. The molecule has 0 spiro atoms. The van der Waals surface area contributed by atoms with Gasteiger partial charge in [-0.2, -0.15) is 0 Å². The van der Waals surface area contributed by atoms with Gasteiger partial charge in [0.1, 0.15) is 5.75 Å². The van der Waals surface area contributed by atoms with Gasteiger partial charge in [0.15, 0.2) is 0 Å². The lowest BCUT2D eigenvalue weighted by molar-refractivity contribution is -0.140. The number of nitrogens with one attached hydrogen (secondary N) is 1. The zero-order chi connectivity index (χ0) is 20.9. The molecular formula is C23H27ClN2O3. The third kappa shape index (κ3) is 5.30. The number of carbonyl (C=O) groups is 2. The molecular weight excluding hydrogens is 388 g/mol. The highest BCUT2D eigenvalue weighted by molar-refractivity contribution is 6.31. The van der Waals surface area contributed by atoms with Gasteiger partial charge in [0.2, 0.25) is 11.8 Å².